The second-order valence-electron chi connectivity index (χ2n) is 5.03. The molecule has 0 fully saturated rings. The van der Waals surface area contributed by atoms with Crippen molar-refractivity contribution in [1.82, 2.24) is 0 Å². The van der Waals surface area contributed by atoms with Crippen molar-refractivity contribution in [2.75, 3.05) is 0 Å². The first-order valence-electron chi connectivity index (χ1n) is 6.24. The van der Waals surface area contributed by atoms with E-state index >= 15 is 0 Å². The summed E-state index contributed by atoms with van der Waals surface area (Å²) in [4.78, 5) is 0. The third kappa shape index (κ3) is 2.49. The van der Waals surface area contributed by atoms with Gasteiger partial charge in [-0.1, -0.05) is 33.1 Å². The van der Waals surface area contributed by atoms with Crippen molar-refractivity contribution in [3.63, 3.8) is 0 Å². The third-order valence-electron chi connectivity index (χ3n) is 3.79. The highest BCUT2D eigenvalue weighted by molar-refractivity contribution is 5.37. The molecule has 0 radical (unpaired) electrons. The van der Waals surface area contributed by atoms with E-state index in [4.69, 9.17) is 0 Å². The molecule has 2 unspecified atom stereocenters. The minimum Gasteiger partial charge on any atom is -0.508 e. The molecule has 0 amide bonds. The van der Waals surface area contributed by atoms with Crippen LogP contribution in [0.25, 0.3) is 0 Å². The summed E-state index contributed by atoms with van der Waals surface area (Å²) in [6, 6.07) is 0. The standard InChI is InChI=1S/C14H24O2/c1-5-6-7-8-14(16)9-10(2)13(15)11(3)12(14)4/h9,12,15-16H,5-8H2,1-4H3. The number of rotatable bonds is 4. The van der Waals surface area contributed by atoms with Crippen molar-refractivity contribution in [3.8, 4) is 0 Å². The number of unbranched alkanes of at least 4 members (excludes halogenated alkanes) is 2. The Morgan fingerprint density at radius 1 is 1.31 bits per heavy atom. The fraction of sp³-hybridized carbons (Fsp3) is 0.714. The molecule has 2 atom stereocenters. The first-order chi connectivity index (χ1) is 7.42. The summed E-state index contributed by atoms with van der Waals surface area (Å²) in [7, 11) is 0. The SMILES string of the molecule is CCCCCC1(O)C=C(C)C(O)=C(C)C1C. The second kappa shape index (κ2) is 5.05. The van der Waals surface area contributed by atoms with Crippen LogP contribution in [0.2, 0.25) is 0 Å². The van der Waals surface area contributed by atoms with E-state index in [1.807, 2.05) is 26.8 Å². The summed E-state index contributed by atoms with van der Waals surface area (Å²) in [5.74, 6) is 0.362. The largest absolute Gasteiger partial charge is 0.508 e. The molecule has 92 valence electrons. The Balaban J connectivity index is 2.82. The summed E-state index contributed by atoms with van der Waals surface area (Å²) in [5, 5.41) is 20.4. The van der Waals surface area contributed by atoms with Gasteiger partial charge in [0.25, 0.3) is 0 Å². The van der Waals surface area contributed by atoms with Gasteiger partial charge in [-0.2, -0.15) is 0 Å². The molecule has 1 aliphatic rings. The summed E-state index contributed by atoms with van der Waals surface area (Å²) < 4.78 is 0. The van der Waals surface area contributed by atoms with Crippen LogP contribution in [0.3, 0.4) is 0 Å². The minimum atomic E-state index is -0.768. The molecule has 2 nitrogen and oxygen atoms in total. The van der Waals surface area contributed by atoms with Crippen molar-refractivity contribution in [3.05, 3.63) is 23.0 Å². The maximum atomic E-state index is 10.6. The summed E-state index contributed by atoms with van der Waals surface area (Å²) in [5.41, 5.74) is 0.934. The van der Waals surface area contributed by atoms with Gasteiger partial charge in [0, 0.05) is 5.92 Å². The molecule has 0 heterocycles. The van der Waals surface area contributed by atoms with Crippen LogP contribution in [0.1, 0.15) is 53.4 Å². The van der Waals surface area contributed by atoms with Gasteiger partial charge in [-0.15, -0.1) is 0 Å². The average Bonchev–Trinajstić information content (AvgIpc) is 2.24. The number of allylic oxidation sites excluding steroid dienone is 1. The molecule has 16 heavy (non-hydrogen) atoms. The Bertz CT molecular complexity index is 315. The van der Waals surface area contributed by atoms with Crippen LogP contribution in [0.15, 0.2) is 23.0 Å². The molecule has 0 aromatic heterocycles. The molecule has 2 heteroatoms. The minimum absolute atomic E-state index is 0.00746. The molecule has 0 saturated carbocycles. The molecular weight excluding hydrogens is 200 g/mol. The van der Waals surface area contributed by atoms with E-state index in [1.165, 1.54) is 0 Å². The predicted molar refractivity (Wildman–Crippen MR) is 67.3 cm³/mol. The lowest BCUT2D eigenvalue weighted by Crippen LogP contribution is -2.38. The van der Waals surface area contributed by atoms with Crippen LogP contribution in [-0.2, 0) is 0 Å². The molecule has 0 bridgehead atoms. The first-order valence-corrected chi connectivity index (χ1v) is 6.24. The quantitative estimate of drug-likeness (QED) is 0.714. The third-order valence-corrected chi connectivity index (χ3v) is 3.79. The molecule has 0 aliphatic heterocycles. The maximum Gasteiger partial charge on any atom is 0.117 e. The topological polar surface area (TPSA) is 40.5 Å². The van der Waals surface area contributed by atoms with Crippen molar-refractivity contribution >= 4 is 0 Å². The Hall–Kier alpha value is -0.760. The maximum absolute atomic E-state index is 10.6. The van der Waals surface area contributed by atoms with Gasteiger partial charge < -0.3 is 10.2 Å². The van der Waals surface area contributed by atoms with Gasteiger partial charge in [-0.3, -0.25) is 0 Å². The molecular formula is C14H24O2. The van der Waals surface area contributed by atoms with E-state index in [2.05, 4.69) is 6.92 Å². The zero-order valence-electron chi connectivity index (χ0n) is 10.9. The highest BCUT2D eigenvalue weighted by atomic mass is 16.3. The molecule has 1 rings (SSSR count). The van der Waals surface area contributed by atoms with Crippen molar-refractivity contribution in [2.45, 2.75) is 59.0 Å². The van der Waals surface area contributed by atoms with E-state index < -0.39 is 5.60 Å². The van der Waals surface area contributed by atoms with E-state index in [-0.39, 0.29) is 5.92 Å². The molecule has 2 N–H and O–H groups in total. The number of hydrogen-bond acceptors (Lipinski definition) is 2. The lowest BCUT2D eigenvalue weighted by molar-refractivity contribution is 0.0335. The zero-order chi connectivity index (χ0) is 12.3. The lowest BCUT2D eigenvalue weighted by atomic mass is 9.75. The van der Waals surface area contributed by atoms with E-state index in [0.29, 0.717) is 5.76 Å². The predicted octanol–water partition coefficient (Wildman–Crippen LogP) is 3.73. The summed E-state index contributed by atoms with van der Waals surface area (Å²) >= 11 is 0. The molecule has 1 aliphatic carbocycles. The van der Waals surface area contributed by atoms with Gasteiger partial charge in [-0.05, 0) is 37.5 Å². The molecule has 0 aromatic carbocycles. The van der Waals surface area contributed by atoms with Crippen LogP contribution in [0.4, 0.5) is 0 Å². The number of aliphatic hydroxyl groups is 2. The Labute approximate surface area is 98.7 Å². The van der Waals surface area contributed by atoms with Gasteiger partial charge in [0.05, 0.1) is 5.60 Å². The van der Waals surface area contributed by atoms with Gasteiger partial charge in [0.1, 0.15) is 5.76 Å². The smallest absolute Gasteiger partial charge is 0.117 e. The zero-order valence-corrected chi connectivity index (χ0v) is 10.9. The van der Waals surface area contributed by atoms with E-state index in [9.17, 15) is 10.2 Å². The highest BCUT2D eigenvalue weighted by Crippen LogP contribution is 2.38. The van der Waals surface area contributed by atoms with E-state index in [0.717, 1.165) is 36.8 Å². The normalized spacial score (nSPS) is 30.6. The van der Waals surface area contributed by atoms with Gasteiger partial charge in [0.15, 0.2) is 0 Å². The van der Waals surface area contributed by atoms with Crippen molar-refractivity contribution < 1.29 is 10.2 Å². The fourth-order valence-electron chi connectivity index (χ4n) is 2.41. The van der Waals surface area contributed by atoms with E-state index in [1.54, 1.807) is 0 Å². The van der Waals surface area contributed by atoms with Crippen LogP contribution < -0.4 is 0 Å². The Morgan fingerprint density at radius 3 is 2.50 bits per heavy atom. The number of aliphatic hydroxyl groups excluding tert-OH is 1. The van der Waals surface area contributed by atoms with Gasteiger partial charge >= 0.3 is 0 Å². The van der Waals surface area contributed by atoms with Crippen LogP contribution in [-0.4, -0.2) is 15.8 Å². The molecule has 0 saturated heterocycles. The average molecular weight is 224 g/mol. The number of hydrogen-bond donors (Lipinski definition) is 2. The van der Waals surface area contributed by atoms with Crippen molar-refractivity contribution in [1.29, 1.82) is 0 Å². The Kier molecular flexibility index (Phi) is 4.20. The van der Waals surface area contributed by atoms with Gasteiger partial charge in [0.2, 0.25) is 0 Å². The highest BCUT2D eigenvalue weighted by Gasteiger charge is 2.36. The van der Waals surface area contributed by atoms with Crippen LogP contribution in [0, 0.1) is 5.92 Å². The molecule has 0 aromatic rings. The lowest BCUT2D eigenvalue weighted by Gasteiger charge is -2.36. The second-order valence-corrected chi connectivity index (χ2v) is 5.03. The molecule has 0 spiro atoms. The first kappa shape index (κ1) is 13.3. The van der Waals surface area contributed by atoms with Gasteiger partial charge in [-0.25, -0.2) is 0 Å². The van der Waals surface area contributed by atoms with Crippen LogP contribution >= 0.6 is 0 Å². The van der Waals surface area contributed by atoms with Crippen LogP contribution in [0.5, 0.6) is 0 Å². The summed E-state index contributed by atoms with van der Waals surface area (Å²) in [6.45, 7) is 7.91. The Morgan fingerprint density at radius 2 is 1.94 bits per heavy atom. The monoisotopic (exact) mass is 224 g/mol. The summed E-state index contributed by atoms with van der Waals surface area (Å²) in [6.07, 6.45) is 5.96. The van der Waals surface area contributed by atoms with Crippen molar-refractivity contribution in [2.24, 2.45) is 5.92 Å². The fourth-order valence-corrected chi connectivity index (χ4v) is 2.41.